The molecule has 0 radical (unpaired) electrons. The number of hydrogen-bond acceptors (Lipinski definition) is 4. The fourth-order valence-corrected chi connectivity index (χ4v) is 4.38. The Kier molecular flexibility index (Phi) is 7.67. The van der Waals surface area contributed by atoms with Crippen molar-refractivity contribution in [1.82, 2.24) is 5.32 Å². The Morgan fingerprint density at radius 2 is 1.57 bits per heavy atom. The highest BCUT2D eigenvalue weighted by molar-refractivity contribution is 6.33. The number of hydrogen-bond donors (Lipinski definition) is 3. The fourth-order valence-electron chi connectivity index (χ4n) is 4.21. The number of nitrogens with one attached hydrogen (secondary N) is 2. The van der Waals surface area contributed by atoms with Gasteiger partial charge in [-0.2, -0.15) is 0 Å². The molecule has 1 aliphatic rings. The van der Waals surface area contributed by atoms with Crippen molar-refractivity contribution in [3.05, 3.63) is 88.4 Å². The zero-order valence-corrected chi connectivity index (χ0v) is 19.7. The molecule has 0 spiro atoms. The van der Waals surface area contributed by atoms with Crippen LogP contribution in [0.2, 0.25) is 5.02 Å². The lowest BCUT2D eigenvalue weighted by atomic mass is 9.98. The van der Waals surface area contributed by atoms with Gasteiger partial charge in [0, 0.05) is 24.4 Å². The highest BCUT2D eigenvalue weighted by Gasteiger charge is 2.29. The zero-order chi connectivity index (χ0) is 24.8. The minimum atomic E-state index is -0.863. The summed E-state index contributed by atoms with van der Waals surface area (Å²) in [6.45, 7) is 0.512. The minimum Gasteiger partial charge on any atom is -0.481 e. The number of carboxylic acids is 1. The van der Waals surface area contributed by atoms with Gasteiger partial charge in [0.2, 0.25) is 0 Å². The number of carbonyl (C=O) groups is 3. The van der Waals surface area contributed by atoms with E-state index in [-0.39, 0.29) is 35.6 Å². The minimum absolute atomic E-state index is 0.0605. The van der Waals surface area contributed by atoms with E-state index in [0.29, 0.717) is 24.9 Å². The van der Waals surface area contributed by atoms with Crippen molar-refractivity contribution in [3.63, 3.8) is 0 Å². The van der Waals surface area contributed by atoms with Crippen LogP contribution in [0.15, 0.2) is 66.7 Å². The van der Waals surface area contributed by atoms with Gasteiger partial charge in [-0.1, -0.05) is 60.1 Å². The van der Waals surface area contributed by atoms with Crippen LogP contribution in [0.25, 0.3) is 11.1 Å². The van der Waals surface area contributed by atoms with Crippen LogP contribution in [0.4, 0.5) is 10.5 Å². The molecule has 180 valence electrons. The van der Waals surface area contributed by atoms with Gasteiger partial charge < -0.3 is 15.2 Å². The Morgan fingerprint density at radius 1 is 0.914 bits per heavy atom. The van der Waals surface area contributed by atoms with Crippen molar-refractivity contribution in [3.8, 4) is 11.1 Å². The molecule has 0 aliphatic heterocycles. The highest BCUT2D eigenvalue weighted by atomic mass is 35.5. The van der Waals surface area contributed by atoms with Gasteiger partial charge in [-0.25, -0.2) is 4.79 Å². The van der Waals surface area contributed by atoms with Gasteiger partial charge in [0.15, 0.2) is 0 Å². The predicted octanol–water partition coefficient (Wildman–Crippen LogP) is 5.69. The van der Waals surface area contributed by atoms with Crippen LogP contribution in [-0.4, -0.2) is 36.2 Å². The number of fused-ring (bicyclic) bond motifs is 3. The average molecular weight is 493 g/mol. The van der Waals surface area contributed by atoms with E-state index in [0.717, 1.165) is 22.3 Å². The standard InChI is InChI=1S/C27H25ClN2O5/c28-23-13-12-17(26(33)29-14-6-5-11-25(31)32)15-24(23)30-27(34)35-16-22-20-9-3-1-7-18(20)19-8-2-4-10-21(19)22/h1-4,7-10,12-13,15,22H,5-6,11,14,16H2,(H,29,33)(H,30,34)(H,31,32). The van der Waals surface area contributed by atoms with E-state index >= 15 is 0 Å². The maximum atomic E-state index is 12.6. The maximum absolute atomic E-state index is 12.6. The number of anilines is 1. The summed E-state index contributed by atoms with van der Waals surface area (Å²) in [7, 11) is 0. The number of unbranched alkanes of at least 4 members (excludes halogenated alkanes) is 1. The first-order valence-electron chi connectivity index (χ1n) is 11.4. The zero-order valence-electron chi connectivity index (χ0n) is 18.9. The highest BCUT2D eigenvalue weighted by Crippen LogP contribution is 2.44. The Morgan fingerprint density at radius 3 is 2.23 bits per heavy atom. The van der Waals surface area contributed by atoms with Crippen LogP contribution in [-0.2, 0) is 9.53 Å². The van der Waals surface area contributed by atoms with Crippen molar-refractivity contribution in [2.75, 3.05) is 18.5 Å². The van der Waals surface area contributed by atoms with Gasteiger partial charge in [0.25, 0.3) is 5.91 Å². The number of aliphatic carboxylic acids is 1. The normalized spacial score (nSPS) is 11.9. The second-order valence-electron chi connectivity index (χ2n) is 8.25. The first-order chi connectivity index (χ1) is 16.9. The summed E-state index contributed by atoms with van der Waals surface area (Å²) < 4.78 is 5.55. The summed E-state index contributed by atoms with van der Waals surface area (Å²) in [5, 5.41) is 14.3. The van der Waals surface area contributed by atoms with Crippen LogP contribution in [0, 0.1) is 0 Å². The molecular formula is C27H25ClN2O5. The van der Waals surface area contributed by atoms with Crippen LogP contribution in [0.5, 0.6) is 0 Å². The summed E-state index contributed by atoms with van der Waals surface area (Å²) in [6, 6.07) is 20.7. The molecule has 0 saturated heterocycles. The summed E-state index contributed by atoms with van der Waals surface area (Å²) >= 11 is 6.22. The summed E-state index contributed by atoms with van der Waals surface area (Å²) in [5.74, 6) is -1.27. The van der Waals surface area contributed by atoms with Gasteiger partial charge in [-0.3, -0.25) is 14.9 Å². The maximum Gasteiger partial charge on any atom is 0.411 e. The number of benzene rings is 3. The smallest absolute Gasteiger partial charge is 0.411 e. The number of rotatable bonds is 9. The second-order valence-corrected chi connectivity index (χ2v) is 8.66. The third kappa shape index (κ3) is 5.81. The molecule has 35 heavy (non-hydrogen) atoms. The third-order valence-corrected chi connectivity index (χ3v) is 6.24. The van der Waals surface area contributed by atoms with Gasteiger partial charge in [-0.15, -0.1) is 0 Å². The molecule has 3 N–H and O–H groups in total. The monoisotopic (exact) mass is 492 g/mol. The lowest BCUT2D eigenvalue weighted by Crippen LogP contribution is -2.25. The molecule has 2 amide bonds. The molecule has 4 rings (SSSR count). The van der Waals surface area contributed by atoms with Gasteiger partial charge >= 0.3 is 12.1 Å². The molecule has 0 heterocycles. The molecular weight excluding hydrogens is 468 g/mol. The molecule has 3 aromatic rings. The van der Waals surface area contributed by atoms with Crippen LogP contribution in [0.1, 0.15) is 46.7 Å². The number of ether oxygens (including phenoxy) is 1. The predicted molar refractivity (Wildman–Crippen MR) is 134 cm³/mol. The molecule has 0 saturated carbocycles. The number of halogens is 1. The Labute approximate surface area is 208 Å². The number of amides is 2. The van der Waals surface area contributed by atoms with E-state index in [9.17, 15) is 14.4 Å². The third-order valence-electron chi connectivity index (χ3n) is 5.91. The molecule has 0 fully saturated rings. The molecule has 1 aliphatic carbocycles. The van der Waals surface area contributed by atoms with Crippen molar-refractivity contribution in [1.29, 1.82) is 0 Å². The Balaban J connectivity index is 1.36. The summed E-state index contributed by atoms with van der Waals surface area (Å²) in [5.41, 5.74) is 5.09. The Bertz CT molecular complexity index is 1210. The largest absolute Gasteiger partial charge is 0.481 e. The number of carbonyl (C=O) groups excluding carboxylic acids is 2. The second kappa shape index (κ2) is 11.1. The molecule has 0 atom stereocenters. The van der Waals surface area contributed by atoms with Gasteiger partial charge in [-0.05, 0) is 53.3 Å². The summed E-state index contributed by atoms with van der Waals surface area (Å²) in [6.07, 6.45) is 0.423. The van der Waals surface area contributed by atoms with Crippen LogP contribution in [0.3, 0.4) is 0 Å². The van der Waals surface area contributed by atoms with E-state index in [2.05, 4.69) is 22.8 Å². The Hall–Kier alpha value is -3.84. The van der Waals surface area contributed by atoms with Crippen LogP contribution >= 0.6 is 11.6 Å². The molecule has 0 aromatic heterocycles. The molecule has 8 heteroatoms. The number of carboxylic acid groups (broad SMARTS) is 1. The van der Waals surface area contributed by atoms with Crippen molar-refractivity contribution >= 4 is 35.3 Å². The fraction of sp³-hybridized carbons (Fsp3) is 0.222. The quantitative estimate of drug-likeness (QED) is 0.333. The summed E-state index contributed by atoms with van der Waals surface area (Å²) in [4.78, 5) is 35.6. The van der Waals surface area contributed by atoms with Gasteiger partial charge in [0.05, 0.1) is 10.7 Å². The van der Waals surface area contributed by atoms with Gasteiger partial charge in [0.1, 0.15) is 6.61 Å². The van der Waals surface area contributed by atoms with E-state index < -0.39 is 12.1 Å². The van der Waals surface area contributed by atoms with Crippen molar-refractivity contribution < 1.29 is 24.2 Å². The van der Waals surface area contributed by atoms with E-state index in [4.69, 9.17) is 21.4 Å². The molecule has 0 unspecified atom stereocenters. The lowest BCUT2D eigenvalue weighted by molar-refractivity contribution is -0.137. The first-order valence-corrected chi connectivity index (χ1v) is 11.7. The van der Waals surface area contributed by atoms with E-state index in [1.165, 1.54) is 12.1 Å². The molecule has 3 aromatic carbocycles. The lowest BCUT2D eigenvalue weighted by Gasteiger charge is -2.15. The van der Waals surface area contributed by atoms with Crippen molar-refractivity contribution in [2.45, 2.75) is 25.2 Å². The topological polar surface area (TPSA) is 105 Å². The molecule has 0 bridgehead atoms. The van der Waals surface area contributed by atoms with Crippen molar-refractivity contribution in [2.24, 2.45) is 0 Å². The SMILES string of the molecule is O=C(O)CCCCNC(=O)c1ccc(Cl)c(NC(=O)OCC2c3ccccc3-c3ccccc32)c1. The van der Waals surface area contributed by atoms with E-state index in [1.807, 2.05) is 36.4 Å². The first kappa shape index (κ1) is 24.3. The average Bonchev–Trinajstić information content (AvgIpc) is 3.17. The molecule has 7 nitrogen and oxygen atoms in total. The van der Waals surface area contributed by atoms with E-state index in [1.54, 1.807) is 6.07 Å². The van der Waals surface area contributed by atoms with Crippen LogP contribution < -0.4 is 10.6 Å².